The zero-order valence-corrected chi connectivity index (χ0v) is 17.6. The average molecular weight is 384 g/mol. The number of thiazole rings is 1. The van der Waals surface area contributed by atoms with Crippen LogP contribution in [-0.2, 0) is 11.3 Å². The fraction of sp³-hybridized carbons (Fsp3) is 0.722. The maximum Gasteiger partial charge on any atom is 0.407 e. The Morgan fingerprint density at radius 3 is 2.54 bits per heavy atom. The predicted octanol–water partition coefficient (Wildman–Crippen LogP) is 2.98. The molecule has 0 saturated carbocycles. The standard InChI is InChI=1S/C18H33N5O2S/c1-7-19-17(21-11-16-13(5)22-14(6)26-16)20-10-15(9-12(3)4)23-18(24)25-8-2/h12,15H,7-11H2,1-6H3,(H,23,24)(H2,19,20,21). The van der Waals surface area contributed by atoms with Crippen molar-refractivity contribution in [3.8, 4) is 0 Å². The number of alkyl carbamates (subject to hydrolysis) is 1. The summed E-state index contributed by atoms with van der Waals surface area (Å²) in [5.74, 6) is 1.20. The van der Waals surface area contributed by atoms with Crippen LogP contribution in [0.5, 0.6) is 0 Å². The maximum absolute atomic E-state index is 11.7. The van der Waals surface area contributed by atoms with Crippen LogP contribution in [-0.4, -0.2) is 42.8 Å². The van der Waals surface area contributed by atoms with E-state index in [9.17, 15) is 4.79 Å². The fourth-order valence-corrected chi connectivity index (χ4v) is 3.40. The lowest BCUT2D eigenvalue weighted by molar-refractivity contribution is 0.146. The van der Waals surface area contributed by atoms with Crippen molar-refractivity contribution in [1.29, 1.82) is 0 Å². The first-order chi connectivity index (χ1) is 12.3. The number of aliphatic imine (C=N–C) groups is 1. The summed E-state index contributed by atoms with van der Waals surface area (Å²) in [7, 11) is 0. The van der Waals surface area contributed by atoms with Crippen LogP contribution in [0.15, 0.2) is 4.99 Å². The van der Waals surface area contributed by atoms with Crippen molar-refractivity contribution in [3.63, 3.8) is 0 Å². The van der Waals surface area contributed by atoms with Crippen LogP contribution in [0.25, 0.3) is 0 Å². The van der Waals surface area contributed by atoms with Crippen LogP contribution >= 0.6 is 11.3 Å². The van der Waals surface area contributed by atoms with Crippen molar-refractivity contribution in [2.45, 2.75) is 60.5 Å². The number of aryl methyl sites for hydroxylation is 2. The monoisotopic (exact) mass is 383 g/mol. The number of rotatable bonds is 9. The number of ether oxygens (including phenoxy) is 1. The topological polar surface area (TPSA) is 87.6 Å². The van der Waals surface area contributed by atoms with E-state index in [0.29, 0.717) is 25.6 Å². The lowest BCUT2D eigenvalue weighted by atomic mass is 10.0. The minimum absolute atomic E-state index is 0.0229. The molecule has 0 aliphatic rings. The van der Waals surface area contributed by atoms with Gasteiger partial charge in [-0.3, -0.25) is 0 Å². The number of nitrogens with zero attached hydrogens (tertiary/aromatic N) is 2. The van der Waals surface area contributed by atoms with Crippen LogP contribution < -0.4 is 16.0 Å². The summed E-state index contributed by atoms with van der Waals surface area (Å²) in [6, 6.07) is -0.0229. The van der Waals surface area contributed by atoms with Gasteiger partial charge >= 0.3 is 6.09 Å². The molecule has 1 rings (SSSR count). The Bertz CT molecular complexity index is 586. The summed E-state index contributed by atoms with van der Waals surface area (Å²) in [4.78, 5) is 22.0. The van der Waals surface area contributed by atoms with Gasteiger partial charge in [-0.15, -0.1) is 11.3 Å². The minimum atomic E-state index is -0.377. The molecule has 0 saturated heterocycles. The lowest BCUT2D eigenvalue weighted by Gasteiger charge is -2.22. The molecule has 1 unspecified atom stereocenters. The van der Waals surface area contributed by atoms with Crippen molar-refractivity contribution in [3.05, 3.63) is 15.6 Å². The van der Waals surface area contributed by atoms with Gasteiger partial charge in [-0.2, -0.15) is 0 Å². The Morgan fingerprint density at radius 2 is 2.00 bits per heavy atom. The first-order valence-corrected chi connectivity index (χ1v) is 10.1. The van der Waals surface area contributed by atoms with Crippen molar-refractivity contribution in [1.82, 2.24) is 20.9 Å². The Balaban J connectivity index is 2.68. The molecule has 1 amide bonds. The molecule has 0 aliphatic carbocycles. The summed E-state index contributed by atoms with van der Waals surface area (Å²) in [5, 5.41) is 10.5. The largest absolute Gasteiger partial charge is 0.450 e. The molecule has 1 aromatic heterocycles. The number of hydrogen-bond donors (Lipinski definition) is 3. The van der Waals surface area contributed by atoms with Crippen LogP contribution in [0.2, 0.25) is 0 Å². The van der Waals surface area contributed by atoms with Gasteiger partial charge in [-0.05, 0) is 40.0 Å². The van der Waals surface area contributed by atoms with Crippen LogP contribution in [0, 0.1) is 19.8 Å². The summed E-state index contributed by atoms with van der Waals surface area (Å²) >= 11 is 1.67. The molecule has 26 heavy (non-hydrogen) atoms. The highest BCUT2D eigenvalue weighted by Crippen LogP contribution is 2.17. The number of guanidine groups is 1. The maximum atomic E-state index is 11.7. The van der Waals surface area contributed by atoms with Gasteiger partial charge in [-0.1, -0.05) is 13.8 Å². The molecule has 0 bridgehead atoms. The van der Waals surface area contributed by atoms with Gasteiger partial charge in [-0.25, -0.2) is 14.8 Å². The zero-order chi connectivity index (χ0) is 19.5. The van der Waals surface area contributed by atoms with Crippen LogP contribution in [0.1, 0.15) is 49.7 Å². The number of nitrogens with one attached hydrogen (secondary N) is 3. The number of amides is 1. The van der Waals surface area contributed by atoms with Crippen LogP contribution in [0.4, 0.5) is 4.79 Å². The number of hydrogen-bond acceptors (Lipinski definition) is 5. The van der Waals surface area contributed by atoms with Gasteiger partial charge < -0.3 is 20.7 Å². The SMILES string of the molecule is CCNC(=NCc1sc(C)nc1C)NCC(CC(C)C)NC(=O)OCC. The van der Waals surface area contributed by atoms with Gasteiger partial charge in [0.25, 0.3) is 0 Å². The normalized spacial score (nSPS) is 12.8. The summed E-state index contributed by atoms with van der Waals surface area (Å²) in [5.41, 5.74) is 1.04. The highest BCUT2D eigenvalue weighted by Gasteiger charge is 2.15. The molecule has 1 aromatic rings. The van der Waals surface area contributed by atoms with E-state index in [0.717, 1.165) is 29.6 Å². The molecular formula is C18H33N5O2S. The second-order valence-corrected chi connectivity index (χ2v) is 7.80. The van der Waals surface area contributed by atoms with E-state index in [1.165, 1.54) is 4.88 Å². The Kier molecular flexibility index (Phi) is 10.0. The molecule has 1 atom stereocenters. The van der Waals surface area contributed by atoms with Gasteiger partial charge in [0.05, 0.1) is 23.9 Å². The first kappa shape index (κ1) is 22.2. The molecule has 7 nitrogen and oxygen atoms in total. The minimum Gasteiger partial charge on any atom is -0.450 e. The highest BCUT2D eigenvalue weighted by atomic mass is 32.1. The molecule has 0 aliphatic heterocycles. The molecule has 3 N–H and O–H groups in total. The van der Waals surface area contributed by atoms with E-state index < -0.39 is 0 Å². The quantitative estimate of drug-likeness (QED) is 0.451. The molecular weight excluding hydrogens is 350 g/mol. The Morgan fingerprint density at radius 1 is 1.27 bits per heavy atom. The van der Waals surface area contributed by atoms with Gasteiger partial charge in [0, 0.05) is 24.0 Å². The fourth-order valence-electron chi connectivity index (χ4n) is 2.53. The second kappa shape index (κ2) is 11.7. The molecule has 1 heterocycles. The van der Waals surface area contributed by atoms with E-state index in [1.807, 2.05) is 20.8 Å². The van der Waals surface area contributed by atoms with Crippen molar-refractivity contribution in [2.75, 3.05) is 19.7 Å². The summed E-state index contributed by atoms with van der Waals surface area (Å²) < 4.78 is 5.00. The van der Waals surface area contributed by atoms with E-state index >= 15 is 0 Å². The molecule has 0 aromatic carbocycles. The Hall–Kier alpha value is -1.83. The van der Waals surface area contributed by atoms with Crippen molar-refractivity contribution in [2.24, 2.45) is 10.9 Å². The smallest absolute Gasteiger partial charge is 0.407 e. The zero-order valence-electron chi connectivity index (χ0n) is 16.8. The van der Waals surface area contributed by atoms with Gasteiger partial charge in [0.1, 0.15) is 0 Å². The third kappa shape index (κ3) is 8.51. The van der Waals surface area contributed by atoms with Crippen molar-refractivity contribution < 1.29 is 9.53 Å². The van der Waals surface area contributed by atoms with E-state index in [4.69, 9.17) is 4.74 Å². The lowest BCUT2D eigenvalue weighted by Crippen LogP contribution is -2.47. The molecule has 148 valence electrons. The van der Waals surface area contributed by atoms with E-state index in [-0.39, 0.29) is 12.1 Å². The average Bonchev–Trinajstić information content (AvgIpc) is 2.87. The number of carbonyl (C=O) groups is 1. The summed E-state index contributed by atoms with van der Waals surface area (Å²) in [6.07, 6.45) is 0.482. The predicted molar refractivity (Wildman–Crippen MR) is 108 cm³/mol. The molecule has 8 heteroatoms. The summed E-state index contributed by atoms with van der Waals surface area (Å²) in [6.45, 7) is 14.4. The number of carbonyl (C=O) groups excluding carboxylic acids is 1. The second-order valence-electron chi connectivity index (χ2n) is 6.51. The highest BCUT2D eigenvalue weighted by molar-refractivity contribution is 7.11. The molecule has 0 fully saturated rings. The van der Waals surface area contributed by atoms with Gasteiger partial charge in [0.15, 0.2) is 5.96 Å². The molecule has 0 spiro atoms. The number of aromatic nitrogens is 1. The molecule has 0 radical (unpaired) electrons. The first-order valence-electron chi connectivity index (χ1n) is 9.24. The van der Waals surface area contributed by atoms with E-state index in [2.05, 4.69) is 39.8 Å². The van der Waals surface area contributed by atoms with Gasteiger partial charge in [0.2, 0.25) is 0 Å². The van der Waals surface area contributed by atoms with E-state index in [1.54, 1.807) is 18.3 Å². The van der Waals surface area contributed by atoms with Crippen molar-refractivity contribution >= 4 is 23.4 Å². The Labute approximate surface area is 161 Å². The third-order valence-corrected chi connectivity index (χ3v) is 4.65. The third-order valence-electron chi connectivity index (χ3n) is 3.59. The van der Waals surface area contributed by atoms with Crippen LogP contribution in [0.3, 0.4) is 0 Å².